The highest BCUT2D eigenvalue weighted by Gasteiger charge is 2.35. The highest BCUT2D eigenvalue weighted by Crippen LogP contribution is 2.33. The van der Waals surface area contributed by atoms with Gasteiger partial charge in [0.2, 0.25) is 0 Å². The van der Waals surface area contributed by atoms with Crippen LogP contribution in [0.1, 0.15) is 50.7 Å². The molecular weight excluding hydrogens is 496 g/mol. The van der Waals surface area contributed by atoms with Gasteiger partial charge in [0.15, 0.2) is 11.0 Å². The number of nitrogens with zero attached hydrogens (tertiary/aromatic N) is 7. The summed E-state index contributed by atoms with van der Waals surface area (Å²) in [7, 11) is 0. The monoisotopic (exact) mass is 528 g/mol. The van der Waals surface area contributed by atoms with Crippen molar-refractivity contribution in [1.29, 1.82) is 0 Å². The minimum Gasteiger partial charge on any atom is -0.345 e. The van der Waals surface area contributed by atoms with E-state index in [0.717, 1.165) is 54.2 Å². The van der Waals surface area contributed by atoms with Gasteiger partial charge in [0.25, 0.3) is 5.56 Å². The maximum absolute atomic E-state index is 13.5. The number of hydrogen-bond donors (Lipinski definition) is 1. The van der Waals surface area contributed by atoms with Crippen molar-refractivity contribution in [2.75, 3.05) is 31.1 Å². The molecule has 1 aliphatic heterocycles. The molecule has 1 N–H and O–H groups in total. The van der Waals surface area contributed by atoms with Gasteiger partial charge in [0.05, 0.1) is 15.8 Å². The summed E-state index contributed by atoms with van der Waals surface area (Å²) >= 11 is 1.73. The molecule has 0 saturated carbocycles. The topological polar surface area (TPSA) is 95.8 Å². The molecule has 1 saturated heterocycles. The average Bonchev–Trinajstić information content (AvgIpc) is 3.57. The number of anilines is 1. The van der Waals surface area contributed by atoms with Crippen molar-refractivity contribution in [1.82, 2.24) is 35.1 Å². The fourth-order valence-electron chi connectivity index (χ4n) is 5.20. The SMILES string of the molecule is CCc1ccc2[nH]c(=O)c([C@@H](c3nnnn3C(C)(C)C)N3CCN(c4nc5ccccc5s4)CC3)cc2c1. The molecule has 0 bridgehead atoms. The third kappa shape index (κ3) is 4.48. The van der Waals surface area contributed by atoms with Gasteiger partial charge in [-0.05, 0) is 78.9 Å². The molecule has 38 heavy (non-hydrogen) atoms. The maximum Gasteiger partial charge on any atom is 0.253 e. The Morgan fingerprint density at radius 2 is 1.84 bits per heavy atom. The highest BCUT2D eigenvalue weighted by molar-refractivity contribution is 7.22. The first kappa shape index (κ1) is 24.7. The lowest BCUT2D eigenvalue weighted by Gasteiger charge is -2.39. The van der Waals surface area contributed by atoms with Crippen molar-refractivity contribution < 1.29 is 0 Å². The Hall–Kier alpha value is -3.63. The lowest BCUT2D eigenvalue weighted by molar-refractivity contribution is 0.190. The Bertz CT molecular complexity index is 1620. The second-order valence-corrected chi connectivity index (χ2v) is 11.8. The second-order valence-electron chi connectivity index (χ2n) is 10.8. The second kappa shape index (κ2) is 9.59. The van der Waals surface area contributed by atoms with Crippen LogP contribution in [0.4, 0.5) is 5.13 Å². The van der Waals surface area contributed by atoms with E-state index in [-0.39, 0.29) is 17.1 Å². The minimum atomic E-state index is -0.375. The van der Waals surface area contributed by atoms with Gasteiger partial charge in [-0.25, -0.2) is 9.67 Å². The number of hydrogen-bond acceptors (Lipinski definition) is 8. The molecule has 5 aromatic rings. The Kier molecular flexibility index (Phi) is 6.23. The predicted octanol–water partition coefficient (Wildman–Crippen LogP) is 4.35. The van der Waals surface area contributed by atoms with Crippen molar-refractivity contribution >= 4 is 37.6 Å². The zero-order valence-electron chi connectivity index (χ0n) is 22.2. The summed E-state index contributed by atoms with van der Waals surface area (Å²) in [6, 6.07) is 16.1. The number of fused-ring (bicyclic) bond motifs is 2. The van der Waals surface area contributed by atoms with E-state index in [1.165, 1.54) is 10.3 Å². The first-order valence-electron chi connectivity index (χ1n) is 13.1. The van der Waals surface area contributed by atoms with E-state index >= 15 is 0 Å². The number of para-hydroxylation sites is 1. The lowest BCUT2D eigenvalue weighted by atomic mass is 10.00. The summed E-state index contributed by atoms with van der Waals surface area (Å²) in [5.74, 6) is 0.683. The molecule has 4 heterocycles. The fraction of sp³-hybridized carbons (Fsp3) is 0.393. The van der Waals surface area contributed by atoms with Crippen LogP contribution in [0.5, 0.6) is 0 Å². The van der Waals surface area contributed by atoms with Crippen LogP contribution in [0.25, 0.3) is 21.1 Å². The van der Waals surface area contributed by atoms with Gasteiger partial charge in [-0.15, -0.1) is 5.10 Å². The zero-order chi connectivity index (χ0) is 26.4. The van der Waals surface area contributed by atoms with Gasteiger partial charge in [-0.3, -0.25) is 9.69 Å². The van der Waals surface area contributed by atoms with Gasteiger partial charge in [0, 0.05) is 37.3 Å². The van der Waals surface area contributed by atoms with E-state index in [2.05, 4.69) is 88.3 Å². The minimum absolute atomic E-state index is 0.108. The first-order valence-corrected chi connectivity index (χ1v) is 13.9. The maximum atomic E-state index is 13.5. The van der Waals surface area contributed by atoms with Crippen LogP contribution in [0.3, 0.4) is 0 Å². The Morgan fingerprint density at radius 3 is 2.58 bits per heavy atom. The van der Waals surface area contributed by atoms with Gasteiger partial charge in [0.1, 0.15) is 6.04 Å². The van der Waals surface area contributed by atoms with Gasteiger partial charge in [-0.1, -0.05) is 36.5 Å². The molecule has 2 aromatic carbocycles. The molecule has 0 spiro atoms. The first-order chi connectivity index (χ1) is 18.3. The Balaban J connectivity index is 1.39. The lowest BCUT2D eigenvalue weighted by Crippen LogP contribution is -2.49. The summed E-state index contributed by atoms with van der Waals surface area (Å²) < 4.78 is 3.05. The zero-order valence-corrected chi connectivity index (χ0v) is 23.0. The molecule has 3 aromatic heterocycles. The van der Waals surface area contributed by atoms with Crippen LogP contribution in [0.2, 0.25) is 0 Å². The largest absolute Gasteiger partial charge is 0.345 e. The quantitative estimate of drug-likeness (QED) is 0.362. The number of aryl methyl sites for hydroxylation is 1. The van der Waals surface area contributed by atoms with Crippen molar-refractivity contribution in [2.45, 2.75) is 45.7 Å². The van der Waals surface area contributed by atoms with Gasteiger partial charge >= 0.3 is 0 Å². The molecule has 10 heteroatoms. The van der Waals surface area contributed by atoms with Crippen molar-refractivity contribution in [3.05, 3.63) is 75.8 Å². The normalized spacial score (nSPS) is 15.9. The molecule has 196 valence electrons. The number of rotatable bonds is 5. The smallest absolute Gasteiger partial charge is 0.253 e. The predicted molar refractivity (Wildman–Crippen MR) is 152 cm³/mol. The Labute approximate surface area is 225 Å². The third-order valence-corrected chi connectivity index (χ3v) is 8.34. The standard InChI is InChI=1S/C28H32N8OS/c1-5-18-10-11-21-19(16-18)17-20(26(37)29-21)24(25-31-32-33-36(25)28(2,3)4)34-12-14-35(15-13-34)27-30-22-8-6-7-9-23(22)38-27/h6-11,16-17,24H,5,12-15H2,1-4H3,(H,29,37)/t24-/m0/s1. The van der Waals surface area contributed by atoms with Gasteiger partial charge in [-0.2, -0.15) is 0 Å². The average molecular weight is 529 g/mol. The number of H-pyrrole nitrogens is 1. The summed E-state index contributed by atoms with van der Waals surface area (Å²) in [4.78, 5) is 26.2. The third-order valence-electron chi connectivity index (χ3n) is 7.25. The van der Waals surface area contributed by atoms with Crippen LogP contribution in [0, 0.1) is 0 Å². The van der Waals surface area contributed by atoms with Crippen LogP contribution in [-0.4, -0.2) is 61.3 Å². The summed E-state index contributed by atoms with van der Waals surface area (Å²) in [6.45, 7) is 11.5. The van der Waals surface area contributed by atoms with E-state index in [1.807, 2.05) is 22.9 Å². The number of benzene rings is 2. The summed E-state index contributed by atoms with van der Waals surface area (Å²) in [5, 5.41) is 14.9. The molecular formula is C28H32N8OS. The number of pyridine rings is 1. The molecule has 1 atom stereocenters. The van der Waals surface area contributed by atoms with Crippen LogP contribution in [0.15, 0.2) is 53.3 Å². The molecule has 0 radical (unpaired) electrons. The number of aromatic nitrogens is 6. The molecule has 0 aliphatic carbocycles. The van der Waals surface area contributed by atoms with Crippen LogP contribution in [-0.2, 0) is 12.0 Å². The molecule has 6 rings (SSSR count). The van der Waals surface area contributed by atoms with Gasteiger partial charge < -0.3 is 9.88 Å². The molecule has 1 aliphatic rings. The van der Waals surface area contributed by atoms with Crippen molar-refractivity contribution in [2.24, 2.45) is 0 Å². The molecule has 9 nitrogen and oxygen atoms in total. The summed E-state index contributed by atoms with van der Waals surface area (Å²) in [5.41, 5.74) is 3.33. The number of thiazole rings is 1. The molecule has 1 fully saturated rings. The number of nitrogens with one attached hydrogen (secondary N) is 1. The van der Waals surface area contributed by atoms with E-state index < -0.39 is 0 Å². The number of piperazine rings is 1. The summed E-state index contributed by atoms with van der Waals surface area (Å²) in [6.07, 6.45) is 0.934. The van der Waals surface area contributed by atoms with E-state index in [9.17, 15) is 4.79 Å². The van der Waals surface area contributed by atoms with E-state index in [1.54, 1.807) is 11.3 Å². The Morgan fingerprint density at radius 1 is 1.05 bits per heavy atom. The number of tetrazole rings is 1. The molecule has 0 amide bonds. The number of aromatic amines is 1. The molecule has 0 unspecified atom stereocenters. The fourth-order valence-corrected chi connectivity index (χ4v) is 6.22. The highest BCUT2D eigenvalue weighted by atomic mass is 32.1. The van der Waals surface area contributed by atoms with Crippen molar-refractivity contribution in [3.63, 3.8) is 0 Å². The van der Waals surface area contributed by atoms with Crippen molar-refractivity contribution in [3.8, 4) is 0 Å². The van der Waals surface area contributed by atoms with E-state index in [0.29, 0.717) is 11.4 Å². The van der Waals surface area contributed by atoms with Crippen LogP contribution < -0.4 is 10.5 Å². The van der Waals surface area contributed by atoms with Crippen LogP contribution >= 0.6 is 11.3 Å². The van der Waals surface area contributed by atoms with E-state index in [4.69, 9.17) is 4.98 Å².